The van der Waals surface area contributed by atoms with Crippen molar-refractivity contribution in [1.29, 1.82) is 0 Å². The molecule has 0 bridgehead atoms. The van der Waals surface area contributed by atoms with E-state index in [0.717, 1.165) is 17.0 Å². The Balaban J connectivity index is 3.13. The molecule has 0 aliphatic heterocycles. The number of methoxy groups -OCH3 is 1. The number of rotatable bonds is 3. The summed E-state index contributed by atoms with van der Waals surface area (Å²) in [6.45, 7) is 2.29. The maximum atomic E-state index is 5.88. The van der Waals surface area contributed by atoms with E-state index in [1.54, 1.807) is 13.2 Å². The third kappa shape index (κ3) is 2.26. The minimum atomic E-state index is 0.357. The number of hydrogen-bond donors (Lipinski definition) is 2. The van der Waals surface area contributed by atoms with Gasteiger partial charge in [0.05, 0.1) is 19.5 Å². The van der Waals surface area contributed by atoms with Gasteiger partial charge in [-0.15, -0.1) is 0 Å². The fourth-order valence-electron chi connectivity index (χ4n) is 1.24. The van der Waals surface area contributed by atoms with E-state index in [-0.39, 0.29) is 0 Å². The zero-order chi connectivity index (χ0) is 9.84. The molecule has 0 atom stereocenters. The minimum absolute atomic E-state index is 0.357. The van der Waals surface area contributed by atoms with E-state index in [1.807, 2.05) is 13.0 Å². The van der Waals surface area contributed by atoms with Crippen LogP contribution in [0.2, 0.25) is 5.02 Å². The van der Waals surface area contributed by atoms with Crippen LogP contribution in [0.25, 0.3) is 0 Å². The molecule has 0 spiro atoms. The lowest BCUT2D eigenvalue weighted by Crippen LogP contribution is -2.11. The second kappa shape index (κ2) is 4.35. The second-order valence-electron chi connectivity index (χ2n) is 2.68. The quantitative estimate of drug-likeness (QED) is 0.734. The van der Waals surface area contributed by atoms with Crippen molar-refractivity contribution in [1.82, 2.24) is 0 Å². The van der Waals surface area contributed by atoms with E-state index < -0.39 is 0 Å². The van der Waals surface area contributed by atoms with Gasteiger partial charge in [0.25, 0.3) is 0 Å². The molecular formula is C9H13ClN2O. The Bertz CT molecular complexity index is 302. The lowest BCUT2D eigenvalue weighted by Gasteiger charge is -2.12. The first-order valence-electron chi connectivity index (χ1n) is 3.97. The van der Waals surface area contributed by atoms with Gasteiger partial charge in [-0.1, -0.05) is 11.6 Å². The highest BCUT2D eigenvalue weighted by atomic mass is 35.5. The maximum absolute atomic E-state index is 5.88. The summed E-state index contributed by atoms with van der Waals surface area (Å²) in [5, 5.41) is 3.65. The van der Waals surface area contributed by atoms with Crippen LogP contribution in [-0.4, -0.2) is 13.8 Å². The average Bonchev–Trinajstić information content (AvgIpc) is 2.04. The molecule has 0 amide bonds. The van der Waals surface area contributed by atoms with Crippen molar-refractivity contribution < 1.29 is 4.74 Å². The Morgan fingerprint density at radius 2 is 2.23 bits per heavy atom. The highest BCUT2D eigenvalue weighted by molar-refractivity contribution is 6.31. The SMILES string of the molecule is COc1c(C)cc(Cl)cc1NCN. The molecule has 0 radical (unpaired) electrons. The predicted molar refractivity (Wildman–Crippen MR) is 55.4 cm³/mol. The fourth-order valence-corrected chi connectivity index (χ4v) is 1.51. The van der Waals surface area contributed by atoms with E-state index in [9.17, 15) is 0 Å². The second-order valence-corrected chi connectivity index (χ2v) is 3.12. The Morgan fingerprint density at radius 1 is 1.54 bits per heavy atom. The monoisotopic (exact) mass is 200 g/mol. The maximum Gasteiger partial charge on any atom is 0.144 e. The van der Waals surface area contributed by atoms with E-state index >= 15 is 0 Å². The van der Waals surface area contributed by atoms with E-state index in [1.165, 1.54) is 0 Å². The molecule has 0 unspecified atom stereocenters. The molecule has 0 aliphatic rings. The molecule has 72 valence electrons. The normalized spacial score (nSPS) is 9.85. The smallest absolute Gasteiger partial charge is 0.144 e. The van der Waals surface area contributed by atoms with Crippen molar-refractivity contribution in [3.63, 3.8) is 0 Å². The summed E-state index contributed by atoms with van der Waals surface area (Å²) in [6, 6.07) is 3.64. The minimum Gasteiger partial charge on any atom is -0.494 e. The summed E-state index contributed by atoms with van der Waals surface area (Å²) in [7, 11) is 1.62. The van der Waals surface area contributed by atoms with Crippen LogP contribution < -0.4 is 15.8 Å². The summed E-state index contributed by atoms with van der Waals surface area (Å²) in [6.07, 6.45) is 0. The Morgan fingerprint density at radius 3 is 2.77 bits per heavy atom. The molecule has 0 saturated heterocycles. The lowest BCUT2D eigenvalue weighted by molar-refractivity contribution is 0.413. The fraction of sp³-hybridized carbons (Fsp3) is 0.333. The zero-order valence-electron chi connectivity index (χ0n) is 7.73. The topological polar surface area (TPSA) is 47.3 Å². The van der Waals surface area contributed by atoms with Gasteiger partial charge in [-0.3, -0.25) is 0 Å². The van der Waals surface area contributed by atoms with Crippen molar-refractivity contribution in [2.45, 2.75) is 6.92 Å². The highest BCUT2D eigenvalue weighted by Crippen LogP contribution is 2.31. The van der Waals surface area contributed by atoms with Crippen LogP contribution in [-0.2, 0) is 0 Å². The number of anilines is 1. The zero-order valence-corrected chi connectivity index (χ0v) is 8.48. The lowest BCUT2D eigenvalue weighted by atomic mass is 10.2. The van der Waals surface area contributed by atoms with Crippen molar-refractivity contribution in [2.75, 3.05) is 19.1 Å². The van der Waals surface area contributed by atoms with Crippen molar-refractivity contribution >= 4 is 17.3 Å². The van der Waals surface area contributed by atoms with Gasteiger partial charge in [-0.05, 0) is 24.6 Å². The molecular weight excluding hydrogens is 188 g/mol. The number of hydrogen-bond acceptors (Lipinski definition) is 3. The molecule has 0 heterocycles. The third-order valence-electron chi connectivity index (χ3n) is 1.74. The molecule has 13 heavy (non-hydrogen) atoms. The predicted octanol–water partition coefficient (Wildman–Crippen LogP) is 1.99. The van der Waals surface area contributed by atoms with Crippen LogP contribution in [0.3, 0.4) is 0 Å². The number of nitrogens with two attached hydrogens (primary N) is 1. The first-order valence-corrected chi connectivity index (χ1v) is 4.35. The van der Waals surface area contributed by atoms with Crippen LogP contribution in [0.1, 0.15) is 5.56 Å². The van der Waals surface area contributed by atoms with Gasteiger partial charge in [-0.25, -0.2) is 0 Å². The number of benzene rings is 1. The highest BCUT2D eigenvalue weighted by Gasteiger charge is 2.06. The van der Waals surface area contributed by atoms with Gasteiger partial charge < -0.3 is 15.8 Å². The van der Waals surface area contributed by atoms with Crippen LogP contribution >= 0.6 is 11.6 Å². The summed E-state index contributed by atoms with van der Waals surface area (Å²) < 4.78 is 5.21. The van der Waals surface area contributed by atoms with Crippen LogP contribution in [0, 0.1) is 6.92 Å². The van der Waals surface area contributed by atoms with Gasteiger partial charge in [-0.2, -0.15) is 0 Å². The molecule has 3 N–H and O–H groups in total. The van der Waals surface area contributed by atoms with E-state index in [2.05, 4.69) is 5.32 Å². The Hall–Kier alpha value is -0.930. The summed E-state index contributed by atoms with van der Waals surface area (Å²) in [5.41, 5.74) is 7.19. The van der Waals surface area contributed by atoms with Gasteiger partial charge in [0.1, 0.15) is 5.75 Å². The van der Waals surface area contributed by atoms with Crippen LogP contribution in [0.4, 0.5) is 5.69 Å². The van der Waals surface area contributed by atoms with Crippen molar-refractivity contribution in [3.8, 4) is 5.75 Å². The summed E-state index contributed by atoms with van der Waals surface area (Å²) in [4.78, 5) is 0. The summed E-state index contributed by atoms with van der Waals surface area (Å²) >= 11 is 5.88. The van der Waals surface area contributed by atoms with Crippen LogP contribution in [0.15, 0.2) is 12.1 Å². The number of ether oxygens (including phenoxy) is 1. The molecule has 0 saturated carbocycles. The molecule has 0 aromatic heterocycles. The first-order chi connectivity index (χ1) is 6.19. The first kappa shape index (κ1) is 10.2. The molecule has 1 aromatic rings. The third-order valence-corrected chi connectivity index (χ3v) is 1.95. The van der Waals surface area contributed by atoms with Gasteiger partial charge >= 0.3 is 0 Å². The van der Waals surface area contributed by atoms with Gasteiger partial charge in [0.15, 0.2) is 0 Å². The standard InChI is InChI=1S/C9H13ClN2O/c1-6-3-7(10)4-8(12-5-11)9(6)13-2/h3-4,12H,5,11H2,1-2H3. The van der Waals surface area contributed by atoms with E-state index in [0.29, 0.717) is 11.7 Å². The molecule has 1 rings (SSSR count). The summed E-state index contributed by atoms with van der Waals surface area (Å²) in [5.74, 6) is 0.787. The average molecular weight is 201 g/mol. The Kier molecular flexibility index (Phi) is 3.39. The number of halogens is 1. The van der Waals surface area contributed by atoms with Crippen molar-refractivity contribution in [3.05, 3.63) is 22.7 Å². The van der Waals surface area contributed by atoms with Gasteiger partial charge in [0.2, 0.25) is 0 Å². The van der Waals surface area contributed by atoms with E-state index in [4.69, 9.17) is 22.1 Å². The Labute approximate surface area is 82.8 Å². The number of nitrogens with one attached hydrogen (secondary N) is 1. The van der Waals surface area contributed by atoms with Crippen LogP contribution in [0.5, 0.6) is 5.75 Å². The largest absolute Gasteiger partial charge is 0.494 e. The molecule has 4 heteroatoms. The molecule has 1 aromatic carbocycles. The molecule has 0 fully saturated rings. The molecule has 3 nitrogen and oxygen atoms in total. The van der Waals surface area contributed by atoms with Crippen molar-refractivity contribution in [2.24, 2.45) is 5.73 Å². The number of aryl methyl sites for hydroxylation is 1. The molecule has 0 aliphatic carbocycles. The van der Waals surface area contributed by atoms with Gasteiger partial charge in [0, 0.05) is 5.02 Å².